The number of hydrogen-bond acceptors (Lipinski definition) is 6. The highest BCUT2D eigenvalue weighted by molar-refractivity contribution is 7.10. The standard InChI is InChI=1S/C24H25ClN2O4S/c1-29-19-7-6-16(25)12-18(19)26-23(28)14-27-9-8-15-11-20(30-2)21(31-3)13-17(15)24(27)22-5-4-10-32-22/h4-7,10-13,24H,8-9,14H2,1-3H3,(H,26,28)/t24-/m1/s1. The molecule has 0 saturated carbocycles. The van der Waals surface area contributed by atoms with Crippen LogP contribution < -0.4 is 19.5 Å². The first-order valence-corrected chi connectivity index (χ1v) is 11.5. The summed E-state index contributed by atoms with van der Waals surface area (Å²) in [6, 6.07) is 13.3. The molecule has 0 fully saturated rings. The third-order valence-electron chi connectivity index (χ3n) is 5.57. The Balaban J connectivity index is 1.63. The number of halogens is 1. The van der Waals surface area contributed by atoms with Crippen LogP contribution in [0.25, 0.3) is 0 Å². The number of benzene rings is 2. The molecule has 168 valence electrons. The molecule has 8 heteroatoms. The van der Waals surface area contributed by atoms with E-state index in [9.17, 15) is 4.79 Å². The van der Waals surface area contributed by atoms with E-state index in [1.807, 2.05) is 18.2 Å². The molecular formula is C24H25ClN2O4S. The van der Waals surface area contributed by atoms with Crippen molar-refractivity contribution in [3.8, 4) is 17.2 Å². The Kier molecular flexibility index (Phi) is 6.89. The molecular weight excluding hydrogens is 448 g/mol. The lowest BCUT2D eigenvalue weighted by Crippen LogP contribution is -2.41. The Bertz CT molecular complexity index is 1100. The second kappa shape index (κ2) is 9.81. The Hall–Kier alpha value is -2.74. The van der Waals surface area contributed by atoms with Crippen LogP contribution in [0.2, 0.25) is 5.02 Å². The predicted octanol–water partition coefficient (Wildman–Crippen LogP) is 5.01. The van der Waals surface area contributed by atoms with E-state index in [-0.39, 0.29) is 18.5 Å². The van der Waals surface area contributed by atoms with Crippen LogP contribution in [0.3, 0.4) is 0 Å². The van der Waals surface area contributed by atoms with Crippen molar-refractivity contribution in [2.75, 3.05) is 39.7 Å². The maximum Gasteiger partial charge on any atom is 0.238 e. The molecule has 1 aliphatic rings. The van der Waals surface area contributed by atoms with Gasteiger partial charge < -0.3 is 19.5 Å². The molecule has 0 unspecified atom stereocenters. The Labute approximate surface area is 196 Å². The van der Waals surface area contributed by atoms with Crippen LogP contribution in [-0.4, -0.2) is 45.2 Å². The number of methoxy groups -OCH3 is 3. The van der Waals surface area contributed by atoms with Gasteiger partial charge in [-0.25, -0.2) is 0 Å². The van der Waals surface area contributed by atoms with Crippen molar-refractivity contribution < 1.29 is 19.0 Å². The molecule has 1 amide bonds. The fraction of sp³-hybridized carbons (Fsp3) is 0.292. The van der Waals surface area contributed by atoms with Crippen molar-refractivity contribution in [2.45, 2.75) is 12.5 Å². The summed E-state index contributed by atoms with van der Waals surface area (Å²) >= 11 is 7.79. The van der Waals surface area contributed by atoms with Crippen LogP contribution in [0.1, 0.15) is 22.0 Å². The van der Waals surface area contributed by atoms with Gasteiger partial charge in [-0.15, -0.1) is 11.3 Å². The number of nitrogens with zero attached hydrogens (tertiary/aromatic N) is 1. The molecule has 0 bridgehead atoms. The zero-order valence-electron chi connectivity index (χ0n) is 18.2. The van der Waals surface area contributed by atoms with Crippen molar-refractivity contribution in [3.63, 3.8) is 0 Å². The van der Waals surface area contributed by atoms with Crippen LogP contribution in [0.5, 0.6) is 17.2 Å². The maximum absolute atomic E-state index is 13.0. The molecule has 0 radical (unpaired) electrons. The van der Waals surface area contributed by atoms with Crippen molar-refractivity contribution in [2.24, 2.45) is 0 Å². The Morgan fingerprint density at radius 3 is 2.53 bits per heavy atom. The normalized spacial score (nSPS) is 15.7. The highest BCUT2D eigenvalue weighted by Gasteiger charge is 2.32. The second-order valence-corrected chi connectivity index (χ2v) is 8.85. The molecule has 0 aliphatic carbocycles. The van der Waals surface area contributed by atoms with Gasteiger partial charge >= 0.3 is 0 Å². The number of carbonyl (C=O) groups is 1. The summed E-state index contributed by atoms with van der Waals surface area (Å²) in [6.45, 7) is 0.969. The minimum absolute atomic E-state index is 0.0504. The smallest absolute Gasteiger partial charge is 0.238 e. The van der Waals surface area contributed by atoms with Gasteiger partial charge in [0.1, 0.15) is 5.75 Å². The van der Waals surface area contributed by atoms with E-state index < -0.39 is 0 Å². The first kappa shape index (κ1) is 22.5. The fourth-order valence-corrected chi connectivity index (χ4v) is 5.15. The average molecular weight is 473 g/mol. The third-order valence-corrected chi connectivity index (χ3v) is 6.73. The van der Waals surface area contributed by atoms with Gasteiger partial charge in [0.25, 0.3) is 0 Å². The molecule has 1 aliphatic heterocycles. The van der Waals surface area contributed by atoms with E-state index in [1.54, 1.807) is 50.9 Å². The number of amides is 1. The van der Waals surface area contributed by atoms with Gasteiger partial charge in [-0.3, -0.25) is 9.69 Å². The molecule has 2 aromatic carbocycles. The SMILES string of the molecule is COc1ccc(Cl)cc1NC(=O)CN1CCc2cc(OC)c(OC)cc2[C@@H]1c1cccs1. The number of ether oxygens (including phenoxy) is 3. The summed E-state index contributed by atoms with van der Waals surface area (Å²) in [4.78, 5) is 16.4. The van der Waals surface area contributed by atoms with Gasteiger partial charge in [0.15, 0.2) is 11.5 Å². The monoisotopic (exact) mass is 472 g/mol. The van der Waals surface area contributed by atoms with Crippen LogP contribution in [0.4, 0.5) is 5.69 Å². The molecule has 4 rings (SSSR count). The molecule has 32 heavy (non-hydrogen) atoms. The number of hydrogen-bond donors (Lipinski definition) is 1. The first-order valence-electron chi connectivity index (χ1n) is 10.2. The second-order valence-electron chi connectivity index (χ2n) is 7.44. The molecule has 0 saturated heterocycles. The van der Waals surface area contributed by atoms with E-state index in [0.717, 1.165) is 24.3 Å². The van der Waals surface area contributed by atoms with E-state index in [1.165, 1.54) is 10.4 Å². The lowest BCUT2D eigenvalue weighted by atomic mass is 9.91. The zero-order chi connectivity index (χ0) is 22.7. The first-order chi connectivity index (χ1) is 15.5. The van der Waals surface area contributed by atoms with Crippen molar-refractivity contribution in [1.29, 1.82) is 0 Å². The van der Waals surface area contributed by atoms with E-state index in [2.05, 4.69) is 21.7 Å². The quantitative estimate of drug-likeness (QED) is 0.523. The van der Waals surface area contributed by atoms with Gasteiger partial charge in [0.2, 0.25) is 5.91 Å². The van der Waals surface area contributed by atoms with Crippen LogP contribution >= 0.6 is 22.9 Å². The molecule has 6 nitrogen and oxygen atoms in total. The molecule has 1 atom stereocenters. The topological polar surface area (TPSA) is 60.0 Å². The number of carbonyl (C=O) groups excluding carboxylic acids is 1. The Morgan fingerprint density at radius 2 is 1.84 bits per heavy atom. The minimum Gasteiger partial charge on any atom is -0.495 e. The average Bonchev–Trinajstić information content (AvgIpc) is 3.32. The molecule has 2 heterocycles. The van der Waals surface area contributed by atoms with Crippen molar-refractivity contribution in [1.82, 2.24) is 4.90 Å². The summed E-state index contributed by atoms with van der Waals surface area (Å²) in [5.74, 6) is 1.84. The fourth-order valence-electron chi connectivity index (χ4n) is 4.10. The molecule has 1 aromatic heterocycles. The lowest BCUT2D eigenvalue weighted by molar-refractivity contribution is -0.117. The van der Waals surface area contributed by atoms with Gasteiger partial charge in [-0.2, -0.15) is 0 Å². The highest BCUT2D eigenvalue weighted by atomic mass is 35.5. The summed E-state index contributed by atoms with van der Waals surface area (Å²) in [7, 11) is 4.84. The van der Waals surface area contributed by atoms with E-state index >= 15 is 0 Å². The summed E-state index contributed by atoms with van der Waals surface area (Å²) in [5.41, 5.74) is 2.89. The zero-order valence-corrected chi connectivity index (χ0v) is 19.8. The third kappa shape index (κ3) is 4.55. The summed E-state index contributed by atoms with van der Waals surface area (Å²) in [6.07, 6.45) is 0.811. The van der Waals surface area contributed by atoms with Crippen LogP contribution in [-0.2, 0) is 11.2 Å². The van der Waals surface area contributed by atoms with Gasteiger partial charge in [0.05, 0.1) is 39.6 Å². The Morgan fingerprint density at radius 1 is 1.09 bits per heavy atom. The predicted molar refractivity (Wildman–Crippen MR) is 128 cm³/mol. The van der Waals surface area contributed by atoms with Crippen molar-refractivity contribution in [3.05, 3.63) is 68.9 Å². The van der Waals surface area contributed by atoms with Crippen LogP contribution in [0, 0.1) is 0 Å². The van der Waals surface area contributed by atoms with E-state index in [4.69, 9.17) is 25.8 Å². The van der Waals surface area contributed by atoms with Gasteiger partial charge in [-0.1, -0.05) is 17.7 Å². The number of fused-ring (bicyclic) bond motifs is 1. The largest absolute Gasteiger partial charge is 0.495 e. The van der Waals surface area contributed by atoms with Crippen LogP contribution in [0.15, 0.2) is 47.8 Å². The summed E-state index contributed by atoms with van der Waals surface area (Å²) in [5, 5.41) is 5.54. The number of thiophene rings is 1. The minimum atomic E-state index is -0.129. The molecule has 0 spiro atoms. The molecule has 3 aromatic rings. The van der Waals surface area contributed by atoms with Crippen molar-refractivity contribution >= 4 is 34.5 Å². The molecule has 1 N–H and O–H groups in total. The lowest BCUT2D eigenvalue weighted by Gasteiger charge is -2.37. The highest BCUT2D eigenvalue weighted by Crippen LogP contribution is 2.42. The number of nitrogens with one attached hydrogen (secondary N) is 1. The van der Waals surface area contributed by atoms with Gasteiger partial charge in [0, 0.05) is 16.4 Å². The van der Waals surface area contributed by atoms with Gasteiger partial charge in [-0.05, 0) is 59.3 Å². The number of rotatable bonds is 7. The number of anilines is 1. The maximum atomic E-state index is 13.0. The summed E-state index contributed by atoms with van der Waals surface area (Å²) < 4.78 is 16.4. The van der Waals surface area contributed by atoms with E-state index in [0.29, 0.717) is 22.2 Å².